The number of carbonyl (C=O) groups is 1. The van der Waals surface area contributed by atoms with E-state index in [-0.39, 0.29) is 17.8 Å². The van der Waals surface area contributed by atoms with Gasteiger partial charge < -0.3 is 9.47 Å². The highest BCUT2D eigenvalue weighted by atomic mass is 16.5. The van der Waals surface area contributed by atoms with Crippen LogP contribution in [0.1, 0.15) is 31.9 Å². The third-order valence-electron chi connectivity index (χ3n) is 3.30. The van der Waals surface area contributed by atoms with Gasteiger partial charge in [-0.05, 0) is 43.4 Å². The minimum atomic E-state index is -0.137. The lowest BCUT2D eigenvalue weighted by Gasteiger charge is -2.19. The molecule has 0 amide bonds. The average Bonchev–Trinajstić information content (AvgIpc) is 2.38. The van der Waals surface area contributed by atoms with E-state index in [4.69, 9.17) is 9.47 Å². The smallest absolute Gasteiger partial charge is 0.309 e. The zero-order chi connectivity index (χ0) is 14.4. The molecule has 0 fully saturated rings. The number of hydrogen-bond donors (Lipinski definition) is 0. The van der Waals surface area contributed by atoms with Crippen molar-refractivity contribution in [3.8, 4) is 5.75 Å². The van der Waals surface area contributed by atoms with Crippen molar-refractivity contribution in [2.75, 3.05) is 13.7 Å². The molecule has 0 spiro atoms. The maximum Gasteiger partial charge on any atom is 0.309 e. The maximum absolute atomic E-state index is 11.8. The molecule has 0 bridgehead atoms. The van der Waals surface area contributed by atoms with Gasteiger partial charge in [0.1, 0.15) is 5.75 Å². The Kier molecular flexibility index (Phi) is 5.87. The second-order valence-electron chi connectivity index (χ2n) is 5.11. The summed E-state index contributed by atoms with van der Waals surface area (Å²) in [5.74, 6) is 0.939. The highest BCUT2D eigenvalue weighted by molar-refractivity contribution is 5.73. The van der Waals surface area contributed by atoms with Crippen LogP contribution < -0.4 is 4.74 Å². The van der Waals surface area contributed by atoms with Crippen LogP contribution in [0.2, 0.25) is 0 Å². The third-order valence-corrected chi connectivity index (χ3v) is 3.30. The van der Waals surface area contributed by atoms with Crippen LogP contribution in [0.15, 0.2) is 18.2 Å². The van der Waals surface area contributed by atoms with E-state index in [1.54, 1.807) is 0 Å². The molecule has 1 rings (SSSR count). The van der Waals surface area contributed by atoms with Gasteiger partial charge in [0.15, 0.2) is 0 Å². The molecule has 1 atom stereocenters. The number of carbonyl (C=O) groups excluding carboxylic acids is 1. The van der Waals surface area contributed by atoms with Gasteiger partial charge in [-0.25, -0.2) is 0 Å². The molecule has 0 saturated carbocycles. The van der Waals surface area contributed by atoms with Crippen molar-refractivity contribution in [2.24, 2.45) is 11.8 Å². The molecule has 106 valence electrons. The summed E-state index contributed by atoms with van der Waals surface area (Å²) in [6.07, 6.45) is 0.706. The number of ether oxygens (including phenoxy) is 2. The van der Waals surface area contributed by atoms with Crippen molar-refractivity contribution in [1.82, 2.24) is 0 Å². The molecule has 0 heterocycles. The average molecular weight is 264 g/mol. The minimum Gasteiger partial charge on any atom is -0.494 e. The van der Waals surface area contributed by atoms with E-state index in [0.717, 1.165) is 16.9 Å². The molecule has 19 heavy (non-hydrogen) atoms. The van der Waals surface area contributed by atoms with Crippen molar-refractivity contribution < 1.29 is 14.3 Å². The Morgan fingerprint density at radius 1 is 1.32 bits per heavy atom. The largest absolute Gasteiger partial charge is 0.494 e. The van der Waals surface area contributed by atoms with Gasteiger partial charge in [0, 0.05) is 0 Å². The zero-order valence-electron chi connectivity index (χ0n) is 12.5. The molecule has 1 aromatic rings. The molecule has 0 aliphatic heterocycles. The summed E-state index contributed by atoms with van der Waals surface area (Å²) in [5, 5.41) is 0. The van der Waals surface area contributed by atoms with Gasteiger partial charge >= 0.3 is 5.97 Å². The highest BCUT2D eigenvalue weighted by Gasteiger charge is 2.23. The van der Waals surface area contributed by atoms with Gasteiger partial charge in [0.05, 0.1) is 19.6 Å². The van der Waals surface area contributed by atoms with Crippen molar-refractivity contribution in [2.45, 2.75) is 34.1 Å². The molecule has 0 aromatic heterocycles. The van der Waals surface area contributed by atoms with Crippen molar-refractivity contribution >= 4 is 5.97 Å². The number of methoxy groups -OCH3 is 1. The molecule has 3 heteroatoms. The summed E-state index contributed by atoms with van der Waals surface area (Å²) in [5.41, 5.74) is 2.25. The molecule has 1 aromatic carbocycles. The number of hydrogen-bond acceptors (Lipinski definition) is 3. The molecule has 3 nitrogen and oxygen atoms in total. The summed E-state index contributed by atoms with van der Waals surface area (Å²) in [4.78, 5) is 11.8. The molecule has 1 unspecified atom stereocenters. The Balaban J connectivity index is 2.85. The number of aryl methyl sites for hydroxylation is 1. The van der Waals surface area contributed by atoms with Crippen LogP contribution in [0.3, 0.4) is 0 Å². The zero-order valence-corrected chi connectivity index (χ0v) is 12.5. The van der Waals surface area contributed by atoms with E-state index in [0.29, 0.717) is 13.0 Å². The second-order valence-corrected chi connectivity index (χ2v) is 5.11. The first kappa shape index (κ1) is 15.5. The fourth-order valence-corrected chi connectivity index (χ4v) is 2.15. The van der Waals surface area contributed by atoms with Gasteiger partial charge in [-0.3, -0.25) is 4.79 Å². The van der Waals surface area contributed by atoms with Crippen molar-refractivity contribution in [3.05, 3.63) is 29.3 Å². The van der Waals surface area contributed by atoms with Crippen LogP contribution >= 0.6 is 0 Å². The van der Waals surface area contributed by atoms with Crippen LogP contribution in [0.5, 0.6) is 5.75 Å². The number of esters is 1. The standard InChI is InChI=1S/C16H24O3/c1-6-19-15-8-7-13(9-12(15)4)10-14(11(2)3)16(17)18-5/h7-9,11,14H,6,10H2,1-5H3. The molecule has 0 saturated heterocycles. The lowest BCUT2D eigenvalue weighted by Crippen LogP contribution is -2.24. The summed E-state index contributed by atoms with van der Waals surface area (Å²) in [6.45, 7) is 8.75. The van der Waals surface area contributed by atoms with Crippen LogP contribution in [-0.4, -0.2) is 19.7 Å². The molecular weight excluding hydrogens is 240 g/mol. The first-order chi connectivity index (χ1) is 8.99. The van der Waals surface area contributed by atoms with E-state index >= 15 is 0 Å². The van der Waals surface area contributed by atoms with E-state index in [2.05, 4.69) is 6.07 Å². The molecule has 0 aliphatic rings. The summed E-state index contributed by atoms with van der Waals surface area (Å²) in [7, 11) is 1.45. The fraction of sp³-hybridized carbons (Fsp3) is 0.562. The van der Waals surface area contributed by atoms with Gasteiger partial charge in [-0.2, -0.15) is 0 Å². The Labute approximate surface area is 115 Å². The topological polar surface area (TPSA) is 35.5 Å². The summed E-state index contributed by atoms with van der Waals surface area (Å²) >= 11 is 0. The van der Waals surface area contributed by atoms with Crippen LogP contribution in [0.4, 0.5) is 0 Å². The normalized spacial score (nSPS) is 12.3. The lowest BCUT2D eigenvalue weighted by atomic mass is 9.89. The predicted octanol–water partition coefficient (Wildman–Crippen LogP) is 3.38. The Morgan fingerprint density at radius 2 is 2.00 bits per heavy atom. The predicted molar refractivity (Wildman–Crippen MR) is 76.4 cm³/mol. The van der Waals surface area contributed by atoms with E-state index in [1.165, 1.54) is 7.11 Å². The summed E-state index contributed by atoms with van der Waals surface area (Å²) in [6, 6.07) is 6.09. The van der Waals surface area contributed by atoms with Crippen LogP contribution in [-0.2, 0) is 16.0 Å². The maximum atomic E-state index is 11.8. The molecular formula is C16H24O3. The first-order valence-electron chi connectivity index (χ1n) is 6.79. The van der Waals surface area contributed by atoms with Crippen LogP contribution in [0.25, 0.3) is 0 Å². The second kappa shape index (κ2) is 7.17. The summed E-state index contributed by atoms with van der Waals surface area (Å²) < 4.78 is 10.4. The van der Waals surface area contributed by atoms with Gasteiger partial charge in [-0.15, -0.1) is 0 Å². The van der Waals surface area contributed by atoms with Crippen molar-refractivity contribution in [3.63, 3.8) is 0 Å². The Morgan fingerprint density at radius 3 is 2.47 bits per heavy atom. The van der Waals surface area contributed by atoms with Crippen molar-refractivity contribution in [1.29, 1.82) is 0 Å². The van der Waals surface area contributed by atoms with Gasteiger partial charge in [-0.1, -0.05) is 26.0 Å². The minimum absolute atomic E-state index is 0.0951. The molecule has 0 aliphatic carbocycles. The highest BCUT2D eigenvalue weighted by Crippen LogP contribution is 2.23. The van der Waals surface area contributed by atoms with Gasteiger partial charge in [0.25, 0.3) is 0 Å². The SMILES string of the molecule is CCOc1ccc(CC(C(=O)OC)C(C)C)cc1C. The van der Waals surface area contributed by atoms with E-state index in [9.17, 15) is 4.79 Å². The quantitative estimate of drug-likeness (QED) is 0.739. The first-order valence-corrected chi connectivity index (χ1v) is 6.79. The Bertz CT molecular complexity index is 424. The van der Waals surface area contributed by atoms with Crippen LogP contribution in [0, 0.1) is 18.8 Å². The molecule has 0 radical (unpaired) electrons. The fourth-order valence-electron chi connectivity index (χ4n) is 2.15. The third kappa shape index (κ3) is 4.27. The van der Waals surface area contributed by atoms with Gasteiger partial charge in [0.2, 0.25) is 0 Å². The number of benzene rings is 1. The monoisotopic (exact) mass is 264 g/mol. The lowest BCUT2D eigenvalue weighted by molar-refractivity contribution is -0.146. The number of rotatable bonds is 6. The van der Waals surface area contributed by atoms with E-state index in [1.807, 2.05) is 39.8 Å². The Hall–Kier alpha value is -1.51. The molecule has 0 N–H and O–H groups in total. The van der Waals surface area contributed by atoms with E-state index < -0.39 is 0 Å².